The van der Waals surface area contributed by atoms with Gasteiger partial charge in [0.25, 0.3) is 0 Å². The number of nitrogens with two attached hydrogens (primary N) is 2. The zero-order chi connectivity index (χ0) is 21.2. The van der Waals surface area contributed by atoms with E-state index in [4.69, 9.17) is 25.0 Å². The van der Waals surface area contributed by atoms with Crippen LogP contribution in [-0.4, -0.2) is 35.4 Å². The summed E-state index contributed by atoms with van der Waals surface area (Å²) in [6.07, 6.45) is 20.8. The number of aliphatic hydroxyl groups excluding tert-OH is 2. The van der Waals surface area contributed by atoms with Crippen LogP contribution in [0.2, 0.25) is 0 Å². The Balaban J connectivity index is -0.000000841. The molecule has 0 aromatic rings. The van der Waals surface area contributed by atoms with Gasteiger partial charge in [0.1, 0.15) is 0 Å². The van der Waals surface area contributed by atoms with Crippen molar-refractivity contribution >= 4 is 6.29 Å². The Bertz CT molecular complexity index is 281. The van der Waals surface area contributed by atoms with Crippen molar-refractivity contribution in [1.82, 2.24) is 0 Å². The van der Waals surface area contributed by atoms with Gasteiger partial charge in [-0.2, -0.15) is 0 Å². The van der Waals surface area contributed by atoms with Crippen LogP contribution in [0.5, 0.6) is 0 Å². The molecule has 0 bridgehead atoms. The Morgan fingerprint density at radius 2 is 1.00 bits per heavy atom. The number of hydrogen-bond donors (Lipinski definition) is 4. The van der Waals surface area contributed by atoms with Crippen LogP contribution in [0.4, 0.5) is 0 Å². The molecule has 7 heteroatoms. The quantitative estimate of drug-likeness (QED) is 0.123. The van der Waals surface area contributed by atoms with Crippen molar-refractivity contribution in [2.75, 3.05) is 13.2 Å². The van der Waals surface area contributed by atoms with Gasteiger partial charge in [-0.05, 0) is 12.1 Å². The van der Waals surface area contributed by atoms with Gasteiger partial charge in [0.2, 0.25) is 0 Å². The maximum atomic E-state index is 10.4. The molecule has 0 spiro atoms. The predicted molar refractivity (Wildman–Crippen MR) is 107 cm³/mol. The average molecular weight is 423 g/mol. The van der Waals surface area contributed by atoms with E-state index in [-0.39, 0.29) is 13.2 Å². The standard InChI is InChI=1S/C18H37N2O.C2H6O2.O.Ti/c1-2-3-4-5-6-7-8-9-10-11-12-13-14-15-16-18(19,20)17-21;3-1-2-4;;/h2-16,19-20H2,1H3;3-4H,1-2H2;;/q-1;;;+1. The summed E-state index contributed by atoms with van der Waals surface area (Å²) in [7, 11) is 0. The van der Waals surface area contributed by atoms with Crippen LogP contribution in [0.25, 0.3) is 0 Å². The molecule has 0 aromatic heterocycles. The first-order valence-electron chi connectivity index (χ1n) is 10.4. The van der Waals surface area contributed by atoms with Crippen molar-refractivity contribution in [3.05, 3.63) is 0 Å². The van der Waals surface area contributed by atoms with E-state index in [0.29, 0.717) is 6.42 Å². The molecule has 27 heavy (non-hydrogen) atoms. The molecule has 0 rings (SSSR count). The van der Waals surface area contributed by atoms with E-state index < -0.39 is 5.66 Å². The minimum absolute atomic E-state index is 0.125. The minimum atomic E-state index is -1.23. The summed E-state index contributed by atoms with van der Waals surface area (Å²) in [6.45, 7) is 2.02. The fraction of sp³-hybridized carbons (Fsp3) is 0.950. The molecule has 0 amide bonds. The van der Waals surface area contributed by atoms with Crippen LogP contribution in [0.15, 0.2) is 0 Å². The molecule has 6 nitrogen and oxygen atoms in total. The summed E-state index contributed by atoms with van der Waals surface area (Å²) in [4.78, 5) is 10.4. The molecule has 0 aromatic carbocycles. The Morgan fingerprint density at radius 3 is 1.26 bits per heavy atom. The molecule has 0 atom stereocenters. The summed E-state index contributed by atoms with van der Waals surface area (Å²) in [5.74, 6) is 0. The zero-order valence-electron chi connectivity index (χ0n) is 17.4. The summed E-state index contributed by atoms with van der Waals surface area (Å²) >= 11 is 0.750. The molecule has 0 fully saturated rings. The van der Waals surface area contributed by atoms with Crippen LogP contribution >= 0.6 is 0 Å². The van der Waals surface area contributed by atoms with E-state index in [0.717, 1.165) is 33.2 Å². The monoisotopic (exact) mass is 423 g/mol. The van der Waals surface area contributed by atoms with Crippen molar-refractivity contribution in [1.29, 1.82) is 0 Å². The van der Waals surface area contributed by atoms with Crippen molar-refractivity contribution < 1.29 is 38.7 Å². The SMILES string of the molecule is CCCCCCCCCCCCCCCCC(N)(N)[C-]=O.OCCO.[O]=[Ti+]. The van der Waals surface area contributed by atoms with Crippen LogP contribution in [-0.2, 0) is 28.5 Å². The number of aliphatic hydroxyl groups is 2. The Labute approximate surface area is 178 Å². The molecule has 0 unspecified atom stereocenters. The van der Waals surface area contributed by atoms with E-state index >= 15 is 0 Å². The van der Waals surface area contributed by atoms with Gasteiger partial charge in [-0.15, -0.1) is 0 Å². The first kappa shape index (κ1) is 31.7. The van der Waals surface area contributed by atoms with Gasteiger partial charge >= 0.3 is 23.7 Å². The molecule has 0 aliphatic heterocycles. The van der Waals surface area contributed by atoms with E-state index in [1.54, 1.807) is 6.29 Å². The van der Waals surface area contributed by atoms with Gasteiger partial charge < -0.3 is 26.5 Å². The second-order valence-corrected chi connectivity index (χ2v) is 6.94. The topological polar surface area (TPSA) is 127 Å². The number of carbonyl (C=O) groups excluding carboxylic acids is 1. The van der Waals surface area contributed by atoms with Gasteiger partial charge in [-0.1, -0.05) is 96.8 Å². The Kier molecular flexibility index (Phi) is 33.2. The van der Waals surface area contributed by atoms with E-state index in [2.05, 4.69) is 6.92 Å². The number of hydrogen-bond acceptors (Lipinski definition) is 6. The first-order chi connectivity index (χ1) is 13.0. The Hall–Kier alpha value is 0.0243. The third kappa shape index (κ3) is 34.0. The molecule has 0 aliphatic rings. The maximum absolute atomic E-state index is 10.4. The third-order valence-corrected chi connectivity index (χ3v) is 4.23. The van der Waals surface area contributed by atoms with Crippen molar-refractivity contribution in [2.45, 2.75) is 109 Å². The summed E-state index contributed by atoms with van der Waals surface area (Å²) in [5.41, 5.74) is 9.81. The third-order valence-electron chi connectivity index (χ3n) is 4.23. The summed E-state index contributed by atoms with van der Waals surface area (Å²) in [5, 5.41) is 15.2. The van der Waals surface area contributed by atoms with Crippen LogP contribution < -0.4 is 11.5 Å². The second-order valence-electron chi connectivity index (χ2n) is 6.94. The normalized spacial score (nSPS) is 10.5. The molecule has 0 saturated heterocycles. The molecular formula is C20H43N2O4Ti. The second kappa shape index (κ2) is 28.2. The van der Waals surface area contributed by atoms with Gasteiger partial charge in [-0.3, -0.25) is 0 Å². The van der Waals surface area contributed by atoms with Crippen molar-refractivity contribution in [3.63, 3.8) is 0 Å². The van der Waals surface area contributed by atoms with Gasteiger partial charge in [-0.25, -0.2) is 6.29 Å². The number of rotatable bonds is 17. The molecule has 0 heterocycles. The zero-order valence-corrected chi connectivity index (χ0v) is 18.9. The van der Waals surface area contributed by atoms with Crippen LogP contribution in [0.1, 0.15) is 103 Å². The van der Waals surface area contributed by atoms with Crippen LogP contribution in [0.3, 0.4) is 0 Å². The van der Waals surface area contributed by atoms with Gasteiger partial charge in [0.05, 0.1) is 13.2 Å². The fourth-order valence-corrected chi connectivity index (χ4v) is 2.66. The summed E-state index contributed by atoms with van der Waals surface area (Å²) in [6, 6.07) is 0. The molecule has 0 saturated carbocycles. The molecule has 6 N–H and O–H groups in total. The van der Waals surface area contributed by atoms with Gasteiger partial charge in [0, 0.05) is 0 Å². The van der Waals surface area contributed by atoms with E-state index in [9.17, 15) is 4.79 Å². The average Bonchev–Trinajstić information content (AvgIpc) is 2.70. The molecule has 161 valence electrons. The molecule has 0 radical (unpaired) electrons. The Morgan fingerprint density at radius 1 is 0.704 bits per heavy atom. The fourth-order valence-electron chi connectivity index (χ4n) is 2.66. The number of unbranched alkanes of at least 4 members (excludes halogenated alkanes) is 13. The predicted octanol–water partition coefficient (Wildman–Crippen LogP) is 3.43. The van der Waals surface area contributed by atoms with Crippen molar-refractivity contribution in [3.8, 4) is 0 Å². The molecule has 0 aliphatic carbocycles. The van der Waals surface area contributed by atoms with Gasteiger partial charge in [0.15, 0.2) is 0 Å². The van der Waals surface area contributed by atoms with Crippen LogP contribution in [0, 0.1) is 0 Å². The summed E-state index contributed by atoms with van der Waals surface area (Å²) < 4.78 is 8.25. The van der Waals surface area contributed by atoms with E-state index in [1.165, 1.54) is 77.0 Å². The first-order valence-corrected chi connectivity index (χ1v) is 11.1. The van der Waals surface area contributed by atoms with Crippen molar-refractivity contribution in [2.24, 2.45) is 11.5 Å². The van der Waals surface area contributed by atoms with E-state index in [1.807, 2.05) is 0 Å². The molecular weight excluding hydrogens is 380 g/mol.